The van der Waals surface area contributed by atoms with Crippen LogP contribution in [0.1, 0.15) is 31.7 Å². The van der Waals surface area contributed by atoms with Crippen molar-refractivity contribution in [2.24, 2.45) is 11.1 Å². The maximum absolute atomic E-state index is 13.0. The largest absolute Gasteiger partial charge is 0.419 e. The molecule has 2 atom stereocenters. The monoisotopic (exact) mass is 469 g/mol. The molecule has 4 rings (SSSR count). The van der Waals surface area contributed by atoms with Gasteiger partial charge in [-0.3, -0.25) is 14.2 Å². The average molecular weight is 470 g/mol. The SMILES string of the molecule is CC(=O)[C@@H]1C[C@H](C/C(=N\O)c2cccc(Cl)c2)CN1C(=O)CCn1c(=O)oc2ccccc21. The van der Waals surface area contributed by atoms with E-state index in [1.807, 2.05) is 0 Å². The maximum Gasteiger partial charge on any atom is 0.419 e. The number of carbonyl (C=O) groups excluding carboxylic acids is 2. The van der Waals surface area contributed by atoms with Gasteiger partial charge in [-0.2, -0.15) is 0 Å². The number of likely N-dealkylation sites (tertiary alicyclic amines) is 1. The fourth-order valence-electron chi connectivity index (χ4n) is 4.47. The van der Waals surface area contributed by atoms with Gasteiger partial charge in [-0.1, -0.05) is 41.0 Å². The molecule has 1 fully saturated rings. The van der Waals surface area contributed by atoms with Crippen LogP contribution in [-0.4, -0.2) is 44.7 Å². The minimum absolute atomic E-state index is 0.0507. The van der Waals surface area contributed by atoms with Crippen LogP contribution in [0.2, 0.25) is 5.02 Å². The molecule has 1 aliphatic rings. The summed E-state index contributed by atoms with van der Waals surface area (Å²) in [6.45, 7) is 2.00. The molecule has 1 aliphatic heterocycles. The van der Waals surface area contributed by atoms with E-state index in [9.17, 15) is 19.6 Å². The predicted octanol–water partition coefficient (Wildman–Crippen LogP) is 3.71. The van der Waals surface area contributed by atoms with E-state index >= 15 is 0 Å². The van der Waals surface area contributed by atoms with Crippen molar-refractivity contribution in [3.05, 3.63) is 69.7 Å². The van der Waals surface area contributed by atoms with E-state index in [0.717, 1.165) is 0 Å². The molecule has 8 nitrogen and oxygen atoms in total. The smallest absolute Gasteiger partial charge is 0.411 e. The zero-order valence-corrected chi connectivity index (χ0v) is 18.9. The van der Waals surface area contributed by atoms with E-state index in [-0.39, 0.29) is 30.6 Å². The summed E-state index contributed by atoms with van der Waals surface area (Å²) in [7, 11) is 0. The number of aromatic nitrogens is 1. The number of fused-ring (bicyclic) bond motifs is 1. The molecule has 0 saturated carbocycles. The highest BCUT2D eigenvalue weighted by atomic mass is 35.5. The molecule has 9 heteroatoms. The Morgan fingerprint density at radius 2 is 2.00 bits per heavy atom. The molecule has 172 valence electrons. The third-order valence-electron chi connectivity index (χ3n) is 6.06. The van der Waals surface area contributed by atoms with Gasteiger partial charge in [-0.15, -0.1) is 0 Å². The first-order valence-corrected chi connectivity index (χ1v) is 11.1. The number of amides is 1. The summed E-state index contributed by atoms with van der Waals surface area (Å²) in [5.74, 6) is -0.871. The number of hydrogen-bond donors (Lipinski definition) is 1. The Hall–Kier alpha value is -3.39. The Balaban J connectivity index is 1.46. The lowest BCUT2D eigenvalue weighted by Gasteiger charge is -2.22. The minimum atomic E-state index is -0.542. The normalized spacial score (nSPS) is 18.7. The van der Waals surface area contributed by atoms with E-state index < -0.39 is 11.8 Å². The number of nitrogens with zero attached hydrogens (tertiary/aromatic N) is 3. The molecular weight excluding hydrogens is 446 g/mol. The van der Waals surface area contributed by atoms with E-state index in [1.165, 1.54) is 11.5 Å². The number of para-hydroxylation sites is 2. The second-order valence-corrected chi connectivity index (χ2v) is 8.71. The Morgan fingerprint density at radius 3 is 2.73 bits per heavy atom. The Bertz CT molecular complexity index is 1280. The van der Waals surface area contributed by atoms with Gasteiger partial charge in [0.2, 0.25) is 5.91 Å². The van der Waals surface area contributed by atoms with Crippen LogP contribution in [0.25, 0.3) is 11.1 Å². The van der Waals surface area contributed by atoms with Gasteiger partial charge in [0.15, 0.2) is 11.4 Å². The van der Waals surface area contributed by atoms with Crippen molar-refractivity contribution in [3.8, 4) is 0 Å². The average Bonchev–Trinajstić information content (AvgIpc) is 3.36. The fraction of sp³-hybridized carbons (Fsp3) is 0.333. The van der Waals surface area contributed by atoms with E-state index in [1.54, 1.807) is 53.4 Å². The topological polar surface area (TPSA) is 105 Å². The zero-order chi connectivity index (χ0) is 23.5. The third kappa shape index (κ3) is 4.85. The van der Waals surface area contributed by atoms with Crippen molar-refractivity contribution in [1.82, 2.24) is 9.47 Å². The zero-order valence-electron chi connectivity index (χ0n) is 18.1. The van der Waals surface area contributed by atoms with Crippen LogP contribution in [-0.2, 0) is 16.1 Å². The summed E-state index contributed by atoms with van der Waals surface area (Å²) in [6, 6.07) is 13.5. The molecule has 2 aromatic carbocycles. The summed E-state index contributed by atoms with van der Waals surface area (Å²) < 4.78 is 6.65. The summed E-state index contributed by atoms with van der Waals surface area (Å²) >= 11 is 6.05. The van der Waals surface area contributed by atoms with Crippen molar-refractivity contribution < 1.29 is 19.2 Å². The van der Waals surface area contributed by atoms with Gasteiger partial charge >= 0.3 is 5.76 Å². The van der Waals surface area contributed by atoms with Crippen molar-refractivity contribution in [1.29, 1.82) is 0 Å². The summed E-state index contributed by atoms with van der Waals surface area (Å²) in [6.07, 6.45) is 0.945. The van der Waals surface area contributed by atoms with Gasteiger partial charge in [0.05, 0.1) is 17.3 Å². The highest BCUT2D eigenvalue weighted by Crippen LogP contribution is 2.29. The van der Waals surface area contributed by atoms with Crippen LogP contribution in [0, 0.1) is 5.92 Å². The lowest BCUT2D eigenvalue weighted by molar-refractivity contribution is -0.137. The number of oxime groups is 1. The van der Waals surface area contributed by atoms with Crippen LogP contribution in [0.4, 0.5) is 0 Å². The Labute approximate surface area is 195 Å². The molecule has 3 aromatic rings. The molecule has 0 aliphatic carbocycles. The van der Waals surface area contributed by atoms with E-state index in [4.69, 9.17) is 16.0 Å². The quantitative estimate of drug-likeness (QED) is 0.322. The molecule has 1 saturated heterocycles. The molecule has 2 heterocycles. The van der Waals surface area contributed by atoms with Crippen LogP contribution in [0.15, 0.2) is 62.9 Å². The standard InChI is InChI=1S/C24H24ClN3O5/c1-15(29)21-12-16(11-19(26-32)17-5-4-6-18(25)13-17)14-28(21)23(30)9-10-27-20-7-2-3-8-22(20)33-24(27)31/h2-8,13,16,21,32H,9-12,14H2,1H3/b26-19+/t16-,21-/m0/s1. The van der Waals surface area contributed by atoms with E-state index in [2.05, 4.69) is 5.16 Å². The Kier molecular flexibility index (Phi) is 6.65. The number of benzene rings is 2. The van der Waals surface area contributed by atoms with Crippen LogP contribution < -0.4 is 5.76 Å². The molecule has 33 heavy (non-hydrogen) atoms. The van der Waals surface area contributed by atoms with Crippen molar-refractivity contribution in [2.75, 3.05) is 6.54 Å². The van der Waals surface area contributed by atoms with Gasteiger partial charge in [0, 0.05) is 30.1 Å². The maximum atomic E-state index is 13.0. The van der Waals surface area contributed by atoms with Gasteiger partial charge in [-0.05, 0) is 49.9 Å². The first-order valence-electron chi connectivity index (χ1n) is 10.7. The molecule has 1 N–H and O–H groups in total. The first-order chi connectivity index (χ1) is 15.9. The predicted molar refractivity (Wildman–Crippen MR) is 124 cm³/mol. The van der Waals surface area contributed by atoms with E-state index in [0.29, 0.717) is 46.8 Å². The van der Waals surface area contributed by atoms with Crippen molar-refractivity contribution in [3.63, 3.8) is 0 Å². The Morgan fingerprint density at radius 1 is 1.21 bits per heavy atom. The second kappa shape index (κ2) is 9.62. The lowest BCUT2D eigenvalue weighted by atomic mass is 9.94. The number of ketones is 1. The number of carbonyl (C=O) groups is 2. The van der Waals surface area contributed by atoms with Crippen molar-refractivity contribution >= 4 is 40.1 Å². The lowest BCUT2D eigenvalue weighted by Crippen LogP contribution is -2.40. The first kappa shape index (κ1) is 22.8. The number of halogens is 1. The molecular formula is C24H24ClN3O5. The number of oxazole rings is 1. The number of rotatable bonds is 7. The highest BCUT2D eigenvalue weighted by molar-refractivity contribution is 6.31. The molecule has 0 spiro atoms. The molecule has 0 bridgehead atoms. The second-order valence-electron chi connectivity index (χ2n) is 8.27. The van der Waals surface area contributed by atoms with Gasteiger partial charge in [0.1, 0.15) is 0 Å². The molecule has 0 radical (unpaired) electrons. The summed E-state index contributed by atoms with van der Waals surface area (Å²) in [5.41, 5.74) is 2.24. The van der Waals surface area contributed by atoms with Crippen LogP contribution in [0.5, 0.6) is 0 Å². The number of aryl methyl sites for hydroxylation is 1. The number of hydrogen-bond acceptors (Lipinski definition) is 6. The molecule has 0 unspecified atom stereocenters. The molecule has 1 amide bonds. The highest BCUT2D eigenvalue weighted by Gasteiger charge is 2.38. The molecule has 1 aromatic heterocycles. The summed E-state index contributed by atoms with van der Waals surface area (Å²) in [4.78, 5) is 39.1. The van der Waals surface area contributed by atoms with Gasteiger partial charge in [0.25, 0.3) is 0 Å². The minimum Gasteiger partial charge on any atom is -0.411 e. The van der Waals surface area contributed by atoms with Crippen LogP contribution >= 0.6 is 11.6 Å². The van der Waals surface area contributed by atoms with Crippen molar-refractivity contribution in [2.45, 2.75) is 38.8 Å². The van der Waals surface area contributed by atoms with Gasteiger partial charge in [-0.25, -0.2) is 4.79 Å². The van der Waals surface area contributed by atoms with Gasteiger partial charge < -0.3 is 14.5 Å². The summed E-state index contributed by atoms with van der Waals surface area (Å²) in [5, 5.41) is 13.5. The fourth-order valence-corrected chi connectivity index (χ4v) is 4.66. The number of Topliss-reactive ketones (excluding diaryl/α,β-unsaturated/α-hetero) is 1. The third-order valence-corrected chi connectivity index (χ3v) is 6.30. The van der Waals surface area contributed by atoms with Crippen LogP contribution in [0.3, 0.4) is 0 Å².